The van der Waals surface area contributed by atoms with Gasteiger partial charge in [-0.05, 0) is 52.1 Å². The lowest BCUT2D eigenvalue weighted by molar-refractivity contribution is 0.151. The van der Waals surface area contributed by atoms with Gasteiger partial charge in [0.05, 0.1) is 0 Å². The van der Waals surface area contributed by atoms with Gasteiger partial charge in [-0.25, -0.2) is 0 Å². The predicted molar refractivity (Wildman–Crippen MR) is 79.7 cm³/mol. The van der Waals surface area contributed by atoms with E-state index < -0.39 is 0 Å². The second kappa shape index (κ2) is 7.74. The Bertz CT molecular complexity index is 391. The molecule has 1 saturated heterocycles. The van der Waals surface area contributed by atoms with Gasteiger partial charge in [-0.15, -0.1) is 0 Å². The molecule has 5 heteroatoms. The number of rotatable bonds is 7. The second-order valence-corrected chi connectivity index (χ2v) is 5.93. The summed E-state index contributed by atoms with van der Waals surface area (Å²) in [4.78, 5) is 6.84. The molecule has 1 aromatic heterocycles. The first-order valence-electron chi connectivity index (χ1n) is 7.94. The monoisotopic (exact) mass is 280 g/mol. The molecule has 0 amide bonds. The second-order valence-electron chi connectivity index (χ2n) is 5.93. The molecule has 5 nitrogen and oxygen atoms in total. The zero-order valence-electron chi connectivity index (χ0n) is 13.1. The van der Waals surface area contributed by atoms with E-state index in [9.17, 15) is 0 Å². The van der Waals surface area contributed by atoms with E-state index in [1.165, 1.54) is 38.9 Å². The first-order valence-corrected chi connectivity index (χ1v) is 7.94. The van der Waals surface area contributed by atoms with Crippen molar-refractivity contribution in [2.45, 2.75) is 52.5 Å². The molecule has 1 aliphatic rings. The highest BCUT2D eigenvalue weighted by Gasteiger charge is 2.23. The highest BCUT2D eigenvalue weighted by atomic mass is 16.5. The molecule has 0 saturated carbocycles. The van der Waals surface area contributed by atoms with Crippen LogP contribution in [0.2, 0.25) is 0 Å². The Balaban J connectivity index is 1.69. The third-order valence-electron chi connectivity index (χ3n) is 4.16. The molecule has 1 aromatic rings. The number of aryl methyl sites for hydroxylation is 1. The molecule has 2 rings (SSSR count). The van der Waals surface area contributed by atoms with Crippen molar-refractivity contribution in [3.8, 4) is 0 Å². The van der Waals surface area contributed by atoms with Crippen molar-refractivity contribution in [1.29, 1.82) is 0 Å². The molecule has 114 valence electrons. The van der Waals surface area contributed by atoms with Crippen molar-refractivity contribution >= 4 is 0 Å². The van der Waals surface area contributed by atoms with E-state index in [-0.39, 0.29) is 0 Å². The lowest BCUT2D eigenvalue weighted by Crippen LogP contribution is -2.45. The summed E-state index contributed by atoms with van der Waals surface area (Å²) in [6.07, 6.45) is 4.75. The van der Waals surface area contributed by atoms with Crippen molar-refractivity contribution in [2.75, 3.05) is 26.2 Å². The maximum Gasteiger partial charge on any atom is 0.227 e. The Morgan fingerprint density at radius 1 is 1.50 bits per heavy atom. The van der Waals surface area contributed by atoms with Gasteiger partial charge in [0, 0.05) is 25.6 Å². The molecule has 20 heavy (non-hydrogen) atoms. The summed E-state index contributed by atoms with van der Waals surface area (Å²) in [5, 5.41) is 7.43. The maximum absolute atomic E-state index is 5.13. The first-order chi connectivity index (χ1) is 9.69. The SMILES string of the molecule is CCCN1CCCC(C(C)NCCc2nc(C)no2)C1. The highest BCUT2D eigenvalue weighted by Crippen LogP contribution is 2.19. The maximum atomic E-state index is 5.13. The molecule has 2 heterocycles. The number of nitrogens with one attached hydrogen (secondary N) is 1. The lowest BCUT2D eigenvalue weighted by atomic mass is 9.91. The van der Waals surface area contributed by atoms with Crippen molar-refractivity contribution < 1.29 is 4.52 Å². The van der Waals surface area contributed by atoms with Gasteiger partial charge < -0.3 is 14.7 Å². The molecule has 1 N–H and O–H groups in total. The number of nitrogens with zero attached hydrogens (tertiary/aromatic N) is 3. The van der Waals surface area contributed by atoms with Crippen LogP contribution in [0.5, 0.6) is 0 Å². The predicted octanol–water partition coefficient (Wildman–Crippen LogP) is 2.02. The van der Waals surface area contributed by atoms with Crippen molar-refractivity contribution in [1.82, 2.24) is 20.4 Å². The summed E-state index contributed by atoms with van der Waals surface area (Å²) in [6, 6.07) is 0.554. The van der Waals surface area contributed by atoms with E-state index in [0.29, 0.717) is 6.04 Å². The van der Waals surface area contributed by atoms with Crippen molar-refractivity contribution in [3.05, 3.63) is 11.7 Å². The minimum atomic E-state index is 0.554. The Labute approximate surface area is 122 Å². The molecule has 1 aliphatic heterocycles. The fraction of sp³-hybridized carbons (Fsp3) is 0.867. The van der Waals surface area contributed by atoms with E-state index in [4.69, 9.17) is 4.52 Å². The molecule has 2 atom stereocenters. The van der Waals surface area contributed by atoms with Gasteiger partial charge >= 0.3 is 0 Å². The largest absolute Gasteiger partial charge is 0.339 e. The molecular formula is C15H28N4O. The number of hydrogen-bond acceptors (Lipinski definition) is 5. The highest BCUT2D eigenvalue weighted by molar-refractivity contribution is 4.85. The standard InChI is InChI=1S/C15H28N4O/c1-4-9-19-10-5-6-14(11-19)12(2)16-8-7-15-17-13(3)18-20-15/h12,14,16H,4-11H2,1-3H3. The van der Waals surface area contributed by atoms with Crippen LogP contribution in [-0.2, 0) is 6.42 Å². The smallest absolute Gasteiger partial charge is 0.227 e. The fourth-order valence-corrected chi connectivity index (χ4v) is 3.03. The zero-order valence-corrected chi connectivity index (χ0v) is 13.1. The minimum Gasteiger partial charge on any atom is -0.339 e. The van der Waals surface area contributed by atoms with Gasteiger partial charge in [0.25, 0.3) is 0 Å². The third-order valence-corrected chi connectivity index (χ3v) is 4.16. The van der Waals surface area contributed by atoms with Crippen molar-refractivity contribution in [3.63, 3.8) is 0 Å². The van der Waals surface area contributed by atoms with Gasteiger partial charge in [-0.1, -0.05) is 12.1 Å². The number of aromatic nitrogens is 2. The average molecular weight is 280 g/mol. The summed E-state index contributed by atoms with van der Waals surface area (Å²) in [5.41, 5.74) is 0. The van der Waals surface area contributed by atoms with Crippen LogP contribution >= 0.6 is 0 Å². The summed E-state index contributed by atoms with van der Waals surface area (Å²) >= 11 is 0. The molecule has 0 aromatic carbocycles. The van der Waals surface area contributed by atoms with Crippen LogP contribution in [0.1, 0.15) is 44.8 Å². The van der Waals surface area contributed by atoms with Crippen LogP contribution in [0.15, 0.2) is 4.52 Å². The summed E-state index contributed by atoms with van der Waals surface area (Å²) in [5.74, 6) is 2.22. The van der Waals surface area contributed by atoms with E-state index in [1.807, 2.05) is 6.92 Å². The van der Waals surface area contributed by atoms with Crippen LogP contribution in [0.3, 0.4) is 0 Å². The molecular weight excluding hydrogens is 252 g/mol. The van der Waals surface area contributed by atoms with Crippen molar-refractivity contribution in [2.24, 2.45) is 5.92 Å². The lowest BCUT2D eigenvalue weighted by Gasteiger charge is -2.36. The quantitative estimate of drug-likeness (QED) is 0.828. The average Bonchev–Trinajstić information content (AvgIpc) is 2.85. The number of hydrogen-bond donors (Lipinski definition) is 1. The van der Waals surface area contributed by atoms with Gasteiger partial charge in [0.15, 0.2) is 5.82 Å². The molecule has 0 radical (unpaired) electrons. The van der Waals surface area contributed by atoms with Gasteiger partial charge in [0.2, 0.25) is 5.89 Å². The van der Waals surface area contributed by atoms with E-state index in [1.54, 1.807) is 0 Å². The van der Waals surface area contributed by atoms with Crippen LogP contribution in [0.25, 0.3) is 0 Å². The summed E-state index contributed by atoms with van der Waals surface area (Å²) < 4.78 is 5.13. The Kier molecular flexibility index (Phi) is 5.98. The normalized spacial score (nSPS) is 22.1. The molecule has 0 aliphatic carbocycles. The first kappa shape index (κ1) is 15.4. The summed E-state index contributed by atoms with van der Waals surface area (Å²) in [7, 11) is 0. The minimum absolute atomic E-state index is 0.554. The van der Waals surface area contributed by atoms with Crippen LogP contribution in [-0.4, -0.2) is 47.3 Å². The molecule has 0 spiro atoms. The van der Waals surface area contributed by atoms with Gasteiger partial charge in [0.1, 0.15) is 0 Å². The van der Waals surface area contributed by atoms with E-state index in [0.717, 1.165) is 30.6 Å². The van der Waals surface area contributed by atoms with Crippen LogP contribution in [0.4, 0.5) is 0 Å². The Morgan fingerprint density at radius 2 is 2.35 bits per heavy atom. The molecule has 1 fully saturated rings. The Hall–Kier alpha value is -0.940. The molecule has 2 unspecified atom stereocenters. The van der Waals surface area contributed by atoms with E-state index in [2.05, 4.69) is 34.2 Å². The van der Waals surface area contributed by atoms with Crippen LogP contribution < -0.4 is 5.32 Å². The number of piperidine rings is 1. The fourth-order valence-electron chi connectivity index (χ4n) is 3.03. The zero-order chi connectivity index (χ0) is 14.4. The van der Waals surface area contributed by atoms with Gasteiger partial charge in [-0.3, -0.25) is 0 Å². The summed E-state index contributed by atoms with van der Waals surface area (Å²) in [6.45, 7) is 11.1. The van der Waals surface area contributed by atoms with E-state index >= 15 is 0 Å². The third kappa shape index (κ3) is 4.56. The topological polar surface area (TPSA) is 54.2 Å². The molecule has 0 bridgehead atoms. The van der Waals surface area contributed by atoms with Crippen LogP contribution in [0, 0.1) is 12.8 Å². The van der Waals surface area contributed by atoms with Gasteiger partial charge in [-0.2, -0.15) is 4.98 Å². The Morgan fingerprint density at radius 3 is 3.05 bits per heavy atom. The number of likely N-dealkylation sites (tertiary alicyclic amines) is 1.